The zero-order valence-corrected chi connectivity index (χ0v) is 13.2. The number of β-amino-alcohol motifs (C(OH)–C–C–N with tert-alkyl or cyclic N) is 1. The van der Waals surface area contributed by atoms with Crippen LogP contribution in [-0.4, -0.2) is 59.2 Å². The van der Waals surface area contributed by atoms with Crippen LogP contribution in [0, 0.1) is 0 Å². The molecule has 0 radical (unpaired) electrons. The van der Waals surface area contributed by atoms with E-state index >= 15 is 0 Å². The summed E-state index contributed by atoms with van der Waals surface area (Å²) >= 11 is 1.75. The molecule has 1 fully saturated rings. The average molecular weight is 283 g/mol. The molecule has 1 aliphatic rings. The van der Waals surface area contributed by atoms with Crippen molar-refractivity contribution in [3.63, 3.8) is 0 Å². The van der Waals surface area contributed by atoms with Gasteiger partial charge in [0.15, 0.2) is 0 Å². The summed E-state index contributed by atoms with van der Waals surface area (Å²) in [6, 6.07) is 0.439. The van der Waals surface area contributed by atoms with E-state index in [2.05, 4.69) is 43.1 Å². The van der Waals surface area contributed by atoms with E-state index in [0.717, 1.165) is 31.7 Å². The van der Waals surface area contributed by atoms with Gasteiger partial charge in [-0.25, -0.2) is 4.98 Å². The van der Waals surface area contributed by atoms with E-state index in [0.29, 0.717) is 12.0 Å². The Bertz CT molecular complexity index is 405. The fourth-order valence-corrected chi connectivity index (χ4v) is 3.46. The maximum atomic E-state index is 9.88. The zero-order chi connectivity index (χ0) is 14.0. The lowest BCUT2D eigenvalue weighted by Gasteiger charge is -2.25. The van der Waals surface area contributed by atoms with Crippen LogP contribution in [0.2, 0.25) is 0 Å². The van der Waals surface area contributed by atoms with E-state index < -0.39 is 0 Å². The van der Waals surface area contributed by atoms with Crippen LogP contribution >= 0.6 is 11.3 Å². The largest absolute Gasteiger partial charge is 0.392 e. The van der Waals surface area contributed by atoms with Gasteiger partial charge in [-0.05, 0) is 20.5 Å². The molecule has 108 valence electrons. The molecule has 0 amide bonds. The molecular weight excluding hydrogens is 258 g/mol. The topological polar surface area (TPSA) is 39.6 Å². The Kier molecular flexibility index (Phi) is 4.95. The van der Waals surface area contributed by atoms with Crippen LogP contribution in [0.3, 0.4) is 0 Å². The minimum Gasteiger partial charge on any atom is -0.392 e. The molecule has 0 spiro atoms. The molecule has 2 unspecified atom stereocenters. The predicted octanol–water partition coefficient (Wildman–Crippen LogP) is 1.76. The number of aliphatic hydroxyl groups excluding tert-OH is 1. The summed E-state index contributed by atoms with van der Waals surface area (Å²) in [6.07, 6.45) is 0.687. The Morgan fingerprint density at radius 3 is 2.84 bits per heavy atom. The lowest BCUT2D eigenvalue weighted by molar-refractivity contribution is 0.168. The van der Waals surface area contributed by atoms with Gasteiger partial charge in [0.05, 0.1) is 16.8 Å². The highest BCUT2D eigenvalue weighted by molar-refractivity contribution is 7.09. The minimum absolute atomic E-state index is 0.187. The van der Waals surface area contributed by atoms with E-state index in [4.69, 9.17) is 4.98 Å². The third-order valence-corrected chi connectivity index (χ3v) is 4.70. The van der Waals surface area contributed by atoms with Gasteiger partial charge in [0, 0.05) is 37.0 Å². The SMILES string of the molecule is CC(C)c1nc(CN2CC(O)CC2CN(C)C)cs1. The quantitative estimate of drug-likeness (QED) is 0.894. The maximum Gasteiger partial charge on any atom is 0.0954 e. The molecule has 19 heavy (non-hydrogen) atoms. The van der Waals surface area contributed by atoms with Crippen molar-refractivity contribution in [2.45, 2.75) is 44.9 Å². The minimum atomic E-state index is -0.187. The van der Waals surface area contributed by atoms with Crippen LogP contribution in [0.25, 0.3) is 0 Å². The monoisotopic (exact) mass is 283 g/mol. The van der Waals surface area contributed by atoms with Crippen molar-refractivity contribution >= 4 is 11.3 Å². The van der Waals surface area contributed by atoms with Gasteiger partial charge in [0.25, 0.3) is 0 Å². The lowest BCUT2D eigenvalue weighted by atomic mass is 10.2. The summed E-state index contributed by atoms with van der Waals surface area (Å²) in [7, 11) is 4.17. The van der Waals surface area contributed by atoms with Crippen LogP contribution in [0.1, 0.15) is 36.9 Å². The first-order chi connectivity index (χ1) is 8.95. The third-order valence-electron chi connectivity index (χ3n) is 3.51. The van der Waals surface area contributed by atoms with Crippen molar-refractivity contribution in [1.82, 2.24) is 14.8 Å². The molecule has 2 atom stereocenters. The number of likely N-dealkylation sites (tertiary alicyclic amines) is 1. The zero-order valence-electron chi connectivity index (χ0n) is 12.3. The van der Waals surface area contributed by atoms with Gasteiger partial charge >= 0.3 is 0 Å². The number of hydrogen-bond donors (Lipinski definition) is 1. The van der Waals surface area contributed by atoms with Crippen molar-refractivity contribution in [2.75, 3.05) is 27.2 Å². The molecular formula is C14H25N3OS. The van der Waals surface area contributed by atoms with Crippen LogP contribution < -0.4 is 0 Å². The van der Waals surface area contributed by atoms with Gasteiger partial charge < -0.3 is 10.0 Å². The third kappa shape index (κ3) is 3.99. The molecule has 1 aliphatic heterocycles. The lowest BCUT2D eigenvalue weighted by Crippen LogP contribution is -2.37. The molecule has 1 saturated heterocycles. The van der Waals surface area contributed by atoms with Crippen LogP contribution in [-0.2, 0) is 6.54 Å². The van der Waals surface area contributed by atoms with Crippen molar-refractivity contribution in [2.24, 2.45) is 0 Å². The Labute approximate surface area is 120 Å². The first kappa shape index (κ1) is 14.9. The number of likely N-dealkylation sites (N-methyl/N-ethyl adjacent to an activating group) is 1. The molecule has 0 aliphatic carbocycles. The molecule has 0 aromatic carbocycles. The molecule has 5 heteroatoms. The van der Waals surface area contributed by atoms with Crippen molar-refractivity contribution in [3.05, 3.63) is 16.1 Å². The second kappa shape index (κ2) is 6.31. The predicted molar refractivity (Wildman–Crippen MR) is 79.6 cm³/mol. The number of nitrogens with zero attached hydrogens (tertiary/aromatic N) is 3. The summed E-state index contributed by atoms with van der Waals surface area (Å²) in [4.78, 5) is 9.25. The van der Waals surface area contributed by atoms with E-state index in [1.165, 1.54) is 5.01 Å². The van der Waals surface area contributed by atoms with E-state index in [9.17, 15) is 5.11 Å². The highest BCUT2D eigenvalue weighted by atomic mass is 32.1. The summed E-state index contributed by atoms with van der Waals surface area (Å²) in [5, 5.41) is 13.2. The first-order valence-corrected chi connectivity index (χ1v) is 7.84. The molecule has 2 rings (SSSR count). The molecule has 4 nitrogen and oxygen atoms in total. The fourth-order valence-electron chi connectivity index (χ4n) is 2.63. The van der Waals surface area contributed by atoms with Gasteiger partial charge in [-0.3, -0.25) is 4.90 Å². The van der Waals surface area contributed by atoms with Crippen molar-refractivity contribution in [1.29, 1.82) is 0 Å². The summed E-state index contributed by atoms with van der Waals surface area (Å²) < 4.78 is 0. The maximum absolute atomic E-state index is 9.88. The Morgan fingerprint density at radius 1 is 1.53 bits per heavy atom. The molecule has 1 aromatic heterocycles. The Morgan fingerprint density at radius 2 is 2.26 bits per heavy atom. The number of rotatable bonds is 5. The van der Waals surface area contributed by atoms with E-state index in [1.807, 2.05) is 0 Å². The standard InChI is InChI=1S/C14H25N3OS/c1-10(2)14-15-11(9-19-14)6-17-8-13(18)5-12(17)7-16(3)4/h9-10,12-13,18H,5-8H2,1-4H3. The van der Waals surface area contributed by atoms with Gasteiger partial charge in [-0.2, -0.15) is 0 Å². The smallest absolute Gasteiger partial charge is 0.0954 e. The number of aromatic nitrogens is 1. The molecule has 2 heterocycles. The summed E-state index contributed by atoms with van der Waals surface area (Å²) in [5.74, 6) is 0.500. The Hall–Kier alpha value is -0.490. The highest BCUT2D eigenvalue weighted by Gasteiger charge is 2.31. The highest BCUT2D eigenvalue weighted by Crippen LogP contribution is 2.24. The Balaban J connectivity index is 1.99. The van der Waals surface area contributed by atoms with Crippen LogP contribution in [0.15, 0.2) is 5.38 Å². The van der Waals surface area contributed by atoms with Gasteiger partial charge in [0.1, 0.15) is 0 Å². The second-order valence-electron chi connectivity index (χ2n) is 6.07. The fraction of sp³-hybridized carbons (Fsp3) is 0.786. The molecule has 1 N–H and O–H groups in total. The first-order valence-electron chi connectivity index (χ1n) is 6.97. The van der Waals surface area contributed by atoms with Crippen molar-refractivity contribution < 1.29 is 5.11 Å². The van der Waals surface area contributed by atoms with Crippen LogP contribution in [0.4, 0.5) is 0 Å². The molecule has 1 aromatic rings. The van der Waals surface area contributed by atoms with Crippen molar-refractivity contribution in [3.8, 4) is 0 Å². The van der Waals surface area contributed by atoms with Gasteiger partial charge in [-0.1, -0.05) is 13.8 Å². The summed E-state index contributed by atoms with van der Waals surface area (Å²) in [6.45, 7) is 6.98. The number of thiazole rings is 1. The van der Waals surface area contributed by atoms with Gasteiger partial charge in [-0.15, -0.1) is 11.3 Å². The number of aliphatic hydroxyl groups is 1. The number of hydrogen-bond acceptors (Lipinski definition) is 5. The normalized spacial score (nSPS) is 24.8. The summed E-state index contributed by atoms with van der Waals surface area (Å²) in [5.41, 5.74) is 1.14. The van der Waals surface area contributed by atoms with E-state index in [1.54, 1.807) is 11.3 Å². The van der Waals surface area contributed by atoms with E-state index in [-0.39, 0.29) is 6.10 Å². The molecule has 0 bridgehead atoms. The molecule has 0 saturated carbocycles. The van der Waals surface area contributed by atoms with Crippen LogP contribution in [0.5, 0.6) is 0 Å². The van der Waals surface area contributed by atoms with Gasteiger partial charge in [0.2, 0.25) is 0 Å². The second-order valence-corrected chi connectivity index (χ2v) is 6.96. The average Bonchev–Trinajstić information content (AvgIpc) is 2.86.